The molecule has 16 heavy (non-hydrogen) atoms. The molecule has 0 amide bonds. The standard InChI is InChI=1S/C13H18N2O/c1-10(2)15(3)9-11-5-6-12(8-14)13(7-11)16-4/h5-7,10H,9H2,1-4H3. The average molecular weight is 218 g/mol. The van der Waals surface area contributed by atoms with Gasteiger partial charge in [0.2, 0.25) is 0 Å². The molecule has 0 bridgehead atoms. The highest BCUT2D eigenvalue weighted by Gasteiger charge is 2.07. The summed E-state index contributed by atoms with van der Waals surface area (Å²) >= 11 is 0. The van der Waals surface area contributed by atoms with Crippen molar-refractivity contribution < 1.29 is 4.74 Å². The Morgan fingerprint density at radius 2 is 2.12 bits per heavy atom. The summed E-state index contributed by atoms with van der Waals surface area (Å²) < 4.78 is 5.18. The Labute approximate surface area is 97.3 Å². The summed E-state index contributed by atoms with van der Waals surface area (Å²) in [5.74, 6) is 0.650. The number of methoxy groups -OCH3 is 1. The first kappa shape index (κ1) is 12.5. The van der Waals surface area contributed by atoms with E-state index in [2.05, 4.69) is 31.9 Å². The Hall–Kier alpha value is -1.53. The van der Waals surface area contributed by atoms with Crippen LogP contribution in [0.5, 0.6) is 5.75 Å². The fraction of sp³-hybridized carbons (Fsp3) is 0.462. The van der Waals surface area contributed by atoms with E-state index in [0.717, 1.165) is 12.1 Å². The van der Waals surface area contributed by atoms with Gasteiger partial charge < -0.3 is 4.74 Å². The van der Waals surface area contributed by atoms with Crippen LogP contribution in [-0.2, 0) is 6.54 Å². The third kappa shape index (κ3) is 2.98. The molecule has 1 rings (SSSR count). The molecular formula is C13H18N2O. The van der Waals surface area contributed by atoms with Crippen LogP contribution < -0.4 is 4.74 Å². The lowest BCUT2D eigenvalue weighted by molar-refractivity contribution is 0.265. The first-order valence-corrected chi connectivity index (χ1v) is 5.35. The molecule has 0 unspecified atom stereocenters. The highest BCUT2D eigenvalue weighted by molar-refractivity contribution is 5.45. The van der Waals surface area contributed by atoms with Crippen molar-refractivity contribution in [3.63, 3.8) is 0 Å². The average Bonchev–Trinajstić information content (AvgIpc) is 2.28. The second kappa shape index (κ2) is 5.53. The van der Waals surface area contributed by atoms with Crippen molar-refractivity contribution in [3.05, 3.63) is 29.3 Å². The lowest BCUT2D eigenvalue weighted by Gasteiger charge is -2.21. The van der Waals surface area contributed by atoms with Crippen LogP contribution in [0.1, 0.15) is 25.0 Å². The summed E-state index contributed by atoms with van der Waals surface area (Å²) in [7, 11) is 3.67. The first-order chi connectivity index (χ1) is 7.58. The predicted molar refractivity (Wildman–Crippen MR) is 64.3 cm³/mol. The van der Waals surface area contributed by atoms with E-state index in [4.69, 9.17) is 10.00 Å². The van der Waals surface area contributed by atoms with Crippen molar-refractivity contribution in [2.24, 2.45) is 0 Å². The molecule has 1 aromatic rings. The third-order valence-corrected chi connectivity index (χ3v) is 2.70. The largest absolute Gasteiger partial charge is 0.495 e. The maximum absolute atomic E-state index is 8.87. The summed E-state index contributed by atoms with van der Waals surface area (Å²) in [5, 5.41) is 8.87. The number of nitrogens with zero attached hydrogens (tertiary/aromatic N) is 2. The Kier molecular flexibility index (Phi) is 4.33. The summed E-state index contributed by atoms with van der Waals surface area (Å²) in [6.07, 6.45) is 0. The van der Waals surface area contributed by atoms with Crippen LogP contribution in [0.15, 0.2) is 18.2 Å². The molecule has 0 fully saturated rings. The highest BCUT2D eigenvalue weighted by atomic mass is 16.5. The molecule has 0 atom stereocenters. The monoisotopic (exact) mass is 218 g/mol. The van der Waals surface area contributed by atoms with E-state index in [9.17, 15) is 0 Å². The minimum Gasteiger partial charge on any atom is -0.495 e. The van der Waals surface area contributed by atoms with E-state index in [-0.39, 0.29) is 0 Å². The zero-order valence-corrected chi connectivity index (χ0v) is 10.3. The molecule has 0 radical (unpaired) electrons. The Morgan fingerprint density at radius 3 is 2.62 bits per heavy atom. The Morgan fingerprint density at radius 1 is 1.44 bits per heavy atom. The molecule has 0 saturated carbocycles. The quantitative estimate of drug-likeness (QED) is 0.778. The molecule has 0 saturated heterocycles. The summed E-state index contributed by atoms with van der Waals surface area (Å²) in [5.41, 5.74) is 1.74. The minimum absolute atomic E-state index is 0.502. The van der Waals surface area contributed by atoms with Gasteiger partial charge in [-0.15, -0.1) is 0 Å². The summed E-state index contributed by atoms with van der Waals surface area (Å²) in [6.45, 7) is 5.17. The number of benzene rings is 1. The third-order valence-electron chi connectivity index (χ3n) is 2.70. The van der Waals surface area contributed by atoms with Crippen LogP contribution in [0.2, 0.25) is 0 Å². The van der Waals surface area contributed by atoms with Crippen LogP contribution in [0.4, 0.5) is 0 Å². The van der Waals surface area contributed by atoms with E-state index in [0.29, 0.717) is 17.4 Å². The van der Waals surface area contributed by atoms with Gasteiger partial charge in [-0.3, -0.25) is 4.90 Å². The van der Waals surface area contributed by atoms with Crippen molar-refractivity contribution in [2.45, 2.75) is 26.4 Å². The minimum atomic E-state index is 0.502. The molecular weight excluding hydrogens is 200 g/mol. The van der Waals surface area contributed by atoms with Crippen LogP contribution in [0.25, 0.3) is 0 Å². The second-order valence-corrected chi connectivity index (χ2v) is 4.16. The number of ether oxygens (including phenoxy) is 1. The van der Waals surface area contributed by atoms with Crippen molar-refractivity contribution in [2.75, 3.05) is 14.2 Å². The van der Waals surface area contributed by atoms with E-state index in [1.54, 1.807) is 7.11 Å². The number of nitriles is 1. The van der Waals surface area contributed by atoms with Gasteiger partial charge in [0, 0.05) is 12.6 Å². The van der Waals surface area contributed by atoms with Gasteiger partial charge in [-0.05, 0) is 38.6 Å². The van der Waals surface area contributed by atoms with Gasteiger partial charge in [0.1, 0.15) is 11.8 Å². The molecule has 0 spiro atoms. The van der Waals surface area contributed by atoms with E-state index >= 15 is 0 Å². The lowest BCUT2D eigenvalue weighted by atomic mass is 10.1. The smallest absolute Gasteiger partial charge is 0.136 e. The fourth-order valence-electron chi connectivity index (χ4n) is 1.40. The number of hydrogen-bond acceptors (Lipinski definition) is 3. The van der Waals surface area contributed by atoms with Gasteiger partial charge in [-0.25, -0.2) is 0 Å². The Bertz CT molecular complexity index is 393. The van der Waals surface area contributed by atoms with Crippen LogP contribution in [0, 0.1) is 11.3 Å². The molecule has 0 heterocycles. The van der Waals surface area contributed by atoms with Crippen molar-refractivity contribution in [1.29, 1.82) is 5.26 Å². The molecule has 0 N–H and O–H groups in total. The van der Waals surface area contributed by atoms with E-state index in [1.165, 1.54) is 0 Å². The van der Waals surface area contributed by atoms with Gasteiger partial charge in [0.15, 0.2) is 0 Å². The fourth-order valence-corrected chi connectivity index (χ4v) is 1.40. The lowest BCUT2D eigenvalue weighted by Crippen LogP contribution is -2.25. The predicted octanol–water partition coefficient (Wildman–Crippen LogP) is 2.41. The summed E-state index contributed by atoms with van der Waals surface area (Å²) in [4.78, 5) is 2.24. The normalized spacial score (nSPS) is 10.6. The molecule has 0 aromatic heterocycles. The van der Waals surface area contributed by atoms with Gasteiger partial charge in [-0.1, -0.05) is 6.07 Å². The van der Waals surface area contributed by atoms with Gasteiger partial charge in [-0.2, -0.15) is 5.26 Å². The number of hydrogen-bond donors (Lipinski definition) is 0. The van der Waals surface area contributed by atoms with Gasteiger partial charge in [0.05, 0.1) is 12.7 Å². The molecule has 86 valence electrons. The highest BCUT2D eigenvalue weighted by Crippen LogP contribution is 2.20. The van der Waals surface area contributed by atoms with Crippen molar-refractivity contribution in [1.82, 2.24) is 4.90 Å². The SMILES string of the molecule is COc1cc(CN(C)C(C)C)ccc1C#N. The van der Waals surface area contributed by atoms with Gasteiger partial charge in [0.25, 0.3) is 0 Å². The molecule has 3 nitrogen and oxygen atoms in total. The second-order valence-electron chi connectivity index (χ2n) is 4.16. The van der Waals surface area contributed by atoms with Crippen molar-refractivity contribution in [3.8, 4) is 11.8 Å². The zero-order chi connectivity index (χ0) is 12.1. The number of rotatable bonds is 4. The topological polar surface area (TPSA) is 36.3 Å². The molecule has 1 aromatic carbocycles. The molecule has 0 aliphatic rings. The molecule has 0 aliphatic heterocycles. The zero-order valence-electron chi connectivity index (χ0n) is 10.3. The van der Waals surface area contributed by atoms with Crippen LogP contribution >= 0.6 is 0 Å². The van der Waals surface area contributed by atoms with E-state index < -0.39 is 0 Å². The maximum Gasteiger partial charge on any atom is 0.136 e. The van der Waals surface area contributed by atoms with E-state index in [1.807, 2.05) is 18.2 Å². The first-order valence-electron chi connectivity index (χ1n) is 5.35. The van der Waals surface area contributed by atoms with Gasteiger partial charge >= 0.3 is 0 Å². The van der Waals surface area contributed by atoms with Crippen LogP contribution in [-0.4, -0.2) is 25.1 Å². The van der Waals surface area contributed by atoms with Crippen LogP contribution in [0.3, 0.4) is 0 Å². The summed E-state index contributed by atoms with van der Waals surface area (Å²) in [6, 6.07) is 8.32. The Balaban J connectivity index is 2.88. The maximum atomic E-state index is 8.87. The van der Waals surface area contributed by atoms with Crippen molar-refractivity contribution >= 4 is 0 Å². The molecule has 3 heteroatoms. The molecule has 0 aliphatic carbocycles.